The van der Waals surface area contributed by atoms with Crippen LogP contribution in [0, 0.1) is 6.92 Å². The Morgan fingerprint density at radius 2 is 1.68 bits per heavy atom. The average Bonchev–Trinajstić information content (AvgIpc) is 2.55. The second-order valence-corrected chi connectivity index (χ2v) is 5.02. The third-order valence-corrected chi connectivity index (χ3v) is 3.65. The van der Waals surface area contributed by atoms with Gasteiger partial charge in [-0.3, -0.25) is 4.79 Å². The third kappa shape index (κ3) is 2.22. The maximum absolute atomic E-state index is 12.7. The topological polar surface area (TPSA) is 48.7 Å². The number of benzene rings is 2. The maximum Gasteiger partial charge on any atom is 0.204 e. The number of hydrogen-bond acceptors (Lipinski definition) is 4. The molecule has 0 amide bonds. The van der Waals surface area contributed by atoms with Gasteiger partial charge in [0, 0.05) is 0 Å². The zero-order valence-corrected chi connectivity index (χ0v) is 12.7. The summed E-state index contributed by atoms with van der Waals surface area (Å²) < 4.78 is 16.2. The number of ether oxygens (including phenoxy) is 2. The van der Waals surface area contributed by atoms with Gasteiger partial charge in [0.25, 0.3) is 0 Å². The summed E-state index contributed by atoms with van der Waals surface area (Å²) in [6.45, 7) is 2.00. The van der Waals surface area contributed by atoms with Gasteiger partial charge in [0.2, 0.25) is 11.2 Å². The molecule has 0 aliphatic heterocycles. The first-order valence-corrected chi connectivity index (χ1v) is 6.89. The van der Waals surface area contributed by atoms with Crippen molar-refractivity contribution in [1.82, 2.24) is 0 Å². The number of hydrogen-bond donors (Lipinski definition) is 0. The summed E-state index contributed by atoms with van der Waals surface area (Å²) in [7, 11) is 3.06. The lowest BCUT2D eigenvalue weighted by atomic mass is 10.0. The van der Waals surface area contributed by atoms with Crippen LogP contribution in [-0.2, 0) is 0 Å². The van der Waals surface area contributed by atoms with Crippen LogP contribution < -0.4 is 14.9 Å². The van der Waals surface area contributed by atoms with Gasteiger partial charge in [-0.15, -0.1) is 0 Å². The Kier molecular flexibility index (Phi) is 3.59. The number of aryl methyl sites for hydroxylation is 1. The third-order valence-electron chi connectivity index (χ3n) is 3.65. The van der Waals surface area contributed by atoms with E-state index < -0.39 is 0 Å². The van der Waals surface area contributed by atoms with Crippen LogP contribution >= 0.6 is 0 Å². The molecule has 2 aromatic carbocycles. The highest BCUT2D eigenvalue weighted by Crippen LogP contribution is 2.35. The molecule has 0 spiro atoms. The highest BCUT2D eigenvalue weighted by molar-refractivity contribution is 5.88. The van der Waals surface area contributed by atoms with Crippen molar-refractivity contribution in [1.29, 1.82) is 0 Å². The monoisotopic (exact) mass is 296 g/mol. The average molecular weight is 296 g/mol. The van der Waals surface area contributed by atoms with E-state index >= 15 is 0 Å². The highest BCUT2D eigenvalue weighted by Gasteiger charge is 2.16. The molecule has 3 aromatic rings. The minimum Gasteiger partial charge on any atom is -0.493 e. The summed E-state index contributed by atoms with van der Waals surface area (Å²) in [6, 6.07) is 11.2. The normalized spacial score (nSPS) is 10.7. The zero-order valence-electron chi connectivity index (χ0n) is 12.7. The van der Waals surface area contributed by atoms with E-state index in [1.807, 2.05) is 31.2 Å². The molecule has 0 unspecified atom stereocenters. The summed E-state index contributed by atoms with van der Waals surface area (Å²) in [6.07, 6.45) is 1.47. The largest absolute Gasteiger partial charge is 0.493 e. The maximum atomic E-state index is 12.7. The first-order chi connectivity index (χ1) is 10.7. The van der Waals surface area contributed by atoms with Crippen LogP contribution in [-0.4, -0.2) is 14.2 Å². The molecule has 4 nitrogen and oxygen atoms in total. The second-order valence-electron chi connectivity index (χ2n) is 5.02. The van der Waals surface area contributed by atoms with E-state index in [0.29, 0.717) is 28.0 Å². The van der Waals surface area contributed by atoms with E-state index in [1.165, 1.54) is 13.4 Å². The van der Waals surface area contributed by atoms with Crippen molar-refractivity contribution >= 4 is 11.0 Å². The molecule has 0 fully saturated rings. The fourth-order valence-electron chi connectivity index (χ4n) is 2.44. The molecule has 4 heteroatoms. The zero-order chi connectivity index (χ0) is 15.7. The fraction of sp³-hybridized carbons (Fsp3) is 0.167. The minimum atomic E-state index is -0.0916. The summed E-state index contributed by atoms with van der Waals surface area (Å²) in [5, 5.41) is 0.468. The lowest BCUT2D eigenvalue weighted by molar-refractivity contribution is 0.353. The Morgan fingerprint density at radius 3 is 2.32 bits per heavy atom. The van der Waals surface area contributed by atoms with Gasteiger partial charge in [0.15, 0.2) is 11.3 Å². The fourth-order valence-corrected chi connectivity index (χ4v) is 2.44. The van der Waals surface area contributed by atoms with Gasteiger partial charge >= 0.3 is 0 Å². The van der Waals surface area contributed by atoms with Crippen molar-refractivity contribution in [2.45, 2.75) is 6.92 Å². The van der Waals surface area contributed by atoms with E-state index in [9.17, 15) is 4.79 Å². The van der Waals surface area contributed by atoms with E-state index in [2.05, 4.69) is 0 Å². The molecule has 1 aromatic heterocycles. The van der Waals surface area contributed by atoms with Crippen molar-refractivity contribution in [3.63, 3.8) is 0 Å². The van der Waals surface area contributed by atoms with Crippen LogP contribution in [0.3, 0.4) is 0 Å². The molecular weight excluding hydrogens is 280 g/mol. The Balaban J connectivity index is 2.27. The molecule has 3 rings (SSSR count). The number of methoxy groups -OCH3 is 2. The Bertz CT molecular complexity index is 876. The van der Waals surface area contributed by atoms with Gasteiger partial charge in [-0.2, -0.15) is 0 Å². The quantitative estimate of drug-likeness (QED) is 0.738. The van der Waals surface area contributed by atoms with Crippen LogP contribution in [0.2, 0.25) is 0 Å². The van der Waals surface area contributed by atoms with Gasteiger partial charge < -0.3 is 13.9 Å². The molecule has 1 heterocycles. The van der Waals surface area contributed by atoms with Gasteiger partial charge in [-0.25, -0.2) is 0 Å². The highest BCUT2D eigenvalue weighted by atomic mass is 16.5. The molecule has 22 heavy (non-hydrogen) atoms. The van der Waals surface area contributed by atoms with Crippen molar-refractivity contribution in [3.05, 3.63) is 58.4 Å². The molecule has 0 N–H and O–H groups in total. The van der Waals surface area contributed by atoms with Crippen LogP contribution in [0.5, 0.6) is 11.5 Å². The van der Waals surface area contributed by atoms with Crippen LogP contribution in [0.1, 0.15) is 5.56 Å². The number of fused-ring (bicyclic) bond motifs is 1. The molecule has 112 valence electrons. The van der Waals surface area contributed by atoms with Crippen molar-refractivity contribution < 1.29 is 13.9 Å². The number of rotatable bonds is 3. The van der Waals surface area contributed by atoms with Gasteiger partial charge in [-0.05, 0) is 24.6 Å². The molecule has 0 atom stereocenters. The summed E-state index contributed by atoms with van der Waals surface area (Å²) in [4.78, 5) is 12.7. The molecule has 0 bridgehead atoms. The molecule has 0 saturated carbocycles. The first kappa shape index (κ1) is 14.2. The van der Waals surface area contributed by atoms with E-state index in [1.54, 1.807) is 19.2 Å². The summed E-state index contributed by atoms with van der Waals surface area (Å²) in [5.41, 5.74) is 2.80. The smallest absolute Gasteiger partial charge is 0.204 e. The van der Waals surface area contributed by atoms with Crippen LogP contribution in [0.25, 0.3) is 22.1 Å². The lowest BCUT2D eigenvalue weighted by Crippen LogP contribution is -2.06. The second kappa shape index (κ2) is 5.56. The Labute approximate surface area is 127 Å². The van der Waals surface area contributed by atoms with Crippen LogP contribution in [0.15, 0.2) is 51.9 Å². The molecule has 0 saturated heterocycles. The summed E-state index contributed by atoms with van der Waals surface area (Å²) in [5.74, 6) is 0.953. The van der Waals surface area contributed by atoms with E-state index in [-0.39, 0.29) is 5.43 Å². The predicted octanol–water partition coefficient (Wildman–Crippen LogP) is 3.79. The van der Waals surface area contributed by atoms with Crippen LogP contribution in [0.4, 0.5) is 0 Å². The standard InChI is InChI=1S/C18H16O4/c1-11-4-6-12(7-5-11)14-10-22-17-13(16(14)19)8-9-15(20-2)18(17)21-3/h4-10H,1-3H3. The lowest BCUT2D eigenvalue weighted by Gasteiger charge is -2.10. The van der Waals surface area contributed by atoms with Gasteiger partial charge in [0.1, 0.15) is 6.26 Å². The van der Waals surface area contributed by atoms with Crippen molar-refractivity contribution in [2.24, 2.45) is 0 Å². The first-order valence-electron chi connectivity index (χ1n) is 6.89. The predicted molar refractivity (Wildman–Crippen MR) is 85.8 cm³/mol. The van der Waals surface area contributed by atoms with Crippen molar-refractivity contribution in [3.8, 4) is 22.6 Å². The minimum absolute atomic E-state index is 0.0916. The van der Waals surface area contributed by atoms with Crippen molar-refractivity contribution in [2.75, 3.05) is 14.2 Å². The van der Waals surface area contributed by atoms with E-state index in [4.69, 9.17) is 13.9 Å². The molecular formula is C18H16O4. The Hall–Kier alpha value is -2.75. The van der Waals surface area contributed by atoms with Gasteiger partial charge in [-0.1, -0.05) is 29.8 Å². The molecule has 0 aliphatic rings. The van der Waals surface area contributed by atoms with Gasteiger partial charge in [0.05, 0.1) is 25.2 Å². The Morgan fingerprint density at radius 1 is 0.955 bits per heavy atom. The molecule has 0 aliphatic carbocycles. The molecule has 0 radical (unpaired) electrons. The summed E-state index contributed by atoms with van der Waals surface area (Å²) >= 11 is 0. The van der Waals surface area contributed by atoms with E-state index in [0.717, 1.165) is 11.1 Å². The SMILES string of the molecule is COc1ccc2c(=O)c(-c3ccc(C)cc3)coc2c1OC.